The molecule has 1 unspecified atom stereocenters. The number of thiophene rings is 1. The number of nitrogens with two attached hydrogens (primary N) is 1. The largest absolute Gasteiger partial charge is 0.397 e. The van der Waals surface area contributed by atoms with E-state index in [1.54, 1.807) is 6.20 Å². The summed E-state index contributed by atoms with van der Waals surface area (Å²) in [6.07, 6.45) is 3.94. The summed E-state index contributed by atoms with van der Waals surface area (Å²) in [5.41, 5.74) is 6.60. The summed E-state index contributed by atoms with van der Waals surface area (Å²) in [7, 11) is 0. The van der Waals surface area contributed by atoms with Gasteiger partial charge >= 0.3 is 0 Å². The summed E-state index contributed by atoms with van der Waals surface area (Å²) < 4.78 is 0. The fraction of sp³-hybridized carbons (Fsp3) is 0.385. The Morgan fingerprint density at radius 1 is 1.53 bits per heavy atom. The van der Waals surface area contributed by atoms with Crippen LogP contribution in [0.25, 0.3) is 10.2 Å². The van der Waals surface area contributed by atoms with Crippen LogP contribution in [0.5, 0.6) is 0 Å². The Hall–Kier alpha value is -1.27. The van der Waals surface area contributed by atoms with Crippen molar-refractivity contribution in [2.75, 3.05) is 17.2 Å². The fourth-order valence-corrected chi connectivity index (χ4v) is 4.26. The average molecular weight is 293 g/mol. The van der Waals surface area contributed by atoms with E-state index in [2.05, 4.69) is 10.3 Å². The second-order valence-electron chi connectivity index (χ2n) is 4.59. The molecule has 1 saturated heterocycles. The number of thioether (sulfide) groups is 1. The highest BCUT2D eigenvalue weighted by atomic mass is 32.2. The molecule has 0 bridgehead atoms. The highest BCUT2D eigenvalue weighted by molar-refractivity contribution is 7.99. The van der Waals surface area contributed by atoms with Crippen molar-refractivity contribution < 1.29 is 4.79 Å². The van der Waals surface area contributed by atoms with Gasteiger partial charge in [0.2, 0.25) is 0 Å². The fourth-order valence-electron chi connectivity index (χ4n) is 2.23. The number of hydrogen-bond acceptors (Lipinski definition) is 5. The lowest BCUT2D eigenvalue weighted by Crippen LogP contribution is -2.38. The number of nitrogens with one attached hydrogen (secondary N) is 1. The van der Waals surface area contributed by atoms with Gasteiger partial charge in [-0.05, 0) is 30.7 Å². The third-order valence-corrected chi connectivity index (χ3v) is 5.55. The van der Waals surface area contributed by atoms with Crippen molar-refractivity contribution in [1.29, 1.82) is 0 Å². The lowest BCUT2D eigenvalue weighted by atomic mass is 10.2. The molecule has 2 aromatic heterocycles. The normalized spacial score (nSPS) is 19.5. The van der Waals surface area contributed by atoms with Crippen molar-refractivity contribution in [3.63, 3.8) is 0 Å². The molecule has 3 N–H and O–H groups in total. The second-order valence-corrected chi connectivity index (χ2v) is 6.74. The first-order valence-electron chi connectivity index (χ1n) is 6.27. The van der Waals surface area contributed by atoms with E-state index < -0.39 is 0 Å². The zero-order valence-corrected chi connectivity index (χ0v) is 12.0. The van der Waals surface area contributed by atoms with Crippen LogP contribution >= 0.6 is 23.1 Å². The Morgan fingerprint density at radius 3 is 3.16 bits per heavy atom. The van der Waals surface area contributed by atoms with Crippen molar-refractivity contribution in [1.82, 2.24) is 10.3 Å². The summed E-state index contributed by atoms with van der Waals surface area (Å²) in [5.74, 6) is 2.13. The predicted molar refractivity (Wildman–Crippen MR) is 81.8 cm³/mol. The van der Waals surface area contributed by atoms with Gasteiger partial charge in [-0.3, -0.25) is 4.79 Å². The number of rotatable bonds is 2. The smallest absolute Gasteiger partial charge is 0.263 e. The van der Waals surface area contributed by atoms with E-state index in [1.807, 2.05) is 23.9 Å². The molecule has 0 radical (unpaired) electrons. The second kappa shape index (κ2) is 5.38. The molecule has 0 spiro atoms. The molecule has 1 aliphatic rings. The Kier molecular flexibility index (Phi) is 3.61. The minimum Gasteiger partial charge on any atom is -0.397 e. The van der Waals surface area contributed by atoms with Crippen LogP contribution in [-0.2, 0) is 0 Å². The molecule has 0 aliphatic carbocycles. The van der Waals surface area contributed by atoms with E-state index >= 15 is 0 Å². The molecule has 19 heavy (non-hydrogen) atoms. The molecule has 100 valence electrons. The summed E-state index contributed by atoms with van der Waals surface area (Å²) in [6, 6.07) is 4.01. The molecule has 1 aliphatic heterocycles. The minimum absolute atomic E-state index is 0.0620. The molecule has 1 fully saturated rings. The summed E-state index contributed by atoms with van der Waals surface area (Å²) in [6.45, 7) is 0. The number of carbonyl (C=O) groups excluding carboxylic acids is 1. The molecule has 0 aromatic carbocycles. The van der Waals surface area contributed by atoms with Crippen LogP contribution in [0, 0.1) is 0 Å². The monoisotopic (exact) mass is 293 g/mol. The maximum Gasteiger partial charge on any atom is 0.263 e. The van der Waals surface area contributed by atoms with Crippen LogP contribution in [0.1, 0.15) is 22.5 Å². The van der Waals surface area contributed by atoms with E-state index in [9.17, 15) is 4.79 Å². The Labute approximate surface area is 119 Å². The topological polar surface area (TPSA) is 68.0 Å². The SMILES string of the molecule is Nc1c(C(=O)NC2CCCSC2)sc2ncccc12. The highest BCUT2D eigenvalue weighted by Crippen LogP contribution is 2.32. The summed E-state index contributed by atoms with van der Waals surface area (Å²) in [5, 5.41) is 3.95. The number of hydrogen-bond donors (Lipinski definition) is 2. The van der Waals surface area contributed by atoms with Crippen molar-refractivity contribution in [3.8, 4) is 0 Å². The lowest BCUT2D eigenvalue weighted by Gasteiger charge is -2.22. The van der Waals surface area contributed by atoms with E-state index in [0.717, 1.165) is 22.4 Å². The molecule has 3 rings (SSSR count). The van der Waals surface area contributed by atoms with Gasteiger partial charge in [-0.25, -0.2) is 4.98 Å². The van der Waals surface area contributed by atoms with Gasteiger partial charge in [0.25, 0.3) is 5.91 Å². The maximum absolute atomic E-state index is 12.3. The zero-order valence-electron chi connectivity index (χ0n) is 10.4. The van der Waals surface area contributed by atoms with Gasteiger partial charge in [0.1, 0.15) is 9.71 Å². The first-order chi connectivity index (χ1) is 9.25. The Balaban J connectivity index is 1.83. The molecular formula is C13H15N3OS2. The number of carbonyl (C=O) groups is 1. The molecule has 0 saturated carbocycles. The zero-order chi connectivity index (χ0) is 13.2. The van der Waals surface area contributed by atoms with Gasteiger partial charge in [0, 0.05) is 23.4 Å². The molecule has 3 heterocycles. The van der Waals surface area contributed by atoms with E-state index in [0.29, 0.717) is 10.6 Å². The van der Waals surface area contributed by atoms with Crippen molar-refractivity contribution >= 4 is 44.9 Å². The number of pyridine rings is 1. The van der Waals surface area contributed by atoms with Crippen LogP contribution in [0.2, 0.25) is 0 Å². The van der Waals surface area contributed by atoms with Crippen molar-refractivity contribution in [3.05, 3.63) is 23.2 Å². The highest BCUT2D eigenvalue weighted by Gasteiger charge is 2.21. The quantitative estimate of drug-likeness (QED) is 0.892. The number of nitrogen functional groups attached to an aromatic ring is 1. The van der Waals surface area contributed by atoms with Gasteiger partial charge in [0.15, 0.2) is 0 Å². The average Bonchev–Trinajstić information content (AvgIpc) is 2.78. The number of anilines is 1. The number of fused-ring (bicyclic) bond motifs is 1. The standard InChI is InChI=1S/C13H15N3OS2/c14-10-9-4-1-5-15-13(9)19-11(10)12(17)16-8-3-2-6-18-7-8/h1,4-5,8H,2-3,6-7,14H2,(H,16,17). The summed E-state index contributed by atoms with van der Waals surface area (Å²) in [4.78, 5) is 17.9. The van der Waals surface area contributed by atoms with Crippen molar-refractivity contribution in [2.24, 2.45) is 0 Å². The number of amides is 1. The third kappa shape index (κ3) is 2.55. The number of aromatic nitrogens is 1. The van der Waals surface area contributed by atoms with Gasteiger partial charge < -0.3 is 11.1 Å². The first-order valence-corrected chi connectivity index (χ1v) is 8.24. The van der Waals surface area contributed by atoms with Gasteiger partial charge in [-0.15, -0.1) is 11.3 Å². The summed E-state index contributed by atoms with van der Waals surface area (Å²) >= 11 is 3.26. The molecule has 2 aromatic rings. The van der Waals surface area contributed by atoms with Gasteiger partial charge in [0.05, 0.1) is 5.69 Å². The van der Waals surface area contributed by atoms with Crippen LogP contribution in [-0.4, -0.2) is 28.4 Å². The van der Waals surface area contributed by atoms with Crippen LogP contribution in [0.3, 0.4) is 0 Å². The van der Waals surface area contributed by atoms with Crippen LogP contribution in [0.4, 0.5) is 5.69 Å². The minimum atomic E-state index is -0.0620. The number of nitrogens with zero attached hydrogens (tertiary/aromatic N) is 1. The van der Waals surface area contributed by atoms with Crippen molar-refractivity contribution in [2.45, 2.75) is 18.9 Å². The first kappa shape index (κ1) is 12.7. The third-order valence-electron chi connectivity index (χ3n) is 3.21. The van der Waals surface area contributed by atoms with Crippen LogP contribution < -0.4 is 11.1 Å². The predicted octanol–water partition coefficient (Wildman–Crippen LogP) is 2.50. The van der Waals surface area contributed by atoms with E-state index in [-0.39, 0.29) is 11.9 Å². The lowest BCUT2D eigenvalue weighted by molar-refractivity contribution is 0.0943. The maximum atomic E-state index is 12.3. The Bertz CT molecular complexity index is 605. The Morgan fingerprint density at radius 2 is 2.42 bits per heavy atom. The molecule has 6 heteroatoms. The van der Waals surface area contributed by atoms with Gasteiger partial charge in [-0.2, -0.15) is 11.8 Å². The van der Waals surface area contributed by atoms with Gasteiger partial charge in [-0.1, -0.05) is 0 Å². The molecule has 1 atom stereocenters. The molecular weight excluding hydrogens is 278 g/mol. The molecule has 4 nitrogen and oxygen atoms in total. The van der Waals surface area contributed by atoms with E-state index in [1.165, 1.54) is 23.5 Å². The van der Waals surface area contributed by atoms with E-state index in [4.69, 9.17) is 5.73 Å². The van der Waals surface area contributed by atoms with Crippen LogP contribution in [0.15, 0.2) is 18.3 Å². The molecule has 1 amide bonds.